The molecule has 3 rings (SSSR count). The second-order valence-electron chi connectivity index (χ2n) is 7.86. The summed E-state index contributed by atoms with van der Waals surface area (Å²) in [6, 6.07) is 7.80. The number of hydrogen-bond donors (Lipinski definition) is 1. The van der Waals surface area contributed by atoms with Crippen molar-refractivity contribution in [1.29, 1.82) is 0 Å². The minimum atomic E-state index is -0.435. The standard InChI is InChI=1S/C25H30N4O4S2/c1-7-13-29-22(17(5)33-19-11-9-15(3)10-12-19)27-28-25(29)34-14-20(30)26-23-21(24(31)32-8-2)16(4)18(6)35-23/h7,9-12,17H,1,8,13-14H2,2-6H3,(H,26,30). The molecule has 3 aromatic rings. The maximum Gasteiger partial charge on any atom is 0.341 e. The van der Waals surface area contributed by atoms with Crippen molar-refractivity contribution in [3.63, 3.8) is 0 Å². The van der Waals surface area contributed by atoms with Gasteiger partial charge in [0.1, 0.15) is 10.8 Å². The summed E-state index contributed by atoms with van der Waals surface area (Å²) in [5.41, 5.74) is 2.38. The van der Waals surface area contributed by atoms with Gasteiger partial charge in [-0.25, -0.2) is 4.79 Å². The average molecular weight is 515 g/mol. The van der Waals surface area contributed by atoms with E-state index in [2.05, 4.69) is 22.1 Å². The van der Waals surface area contributed by atoms with E-state index in [1.165, 1.54) is 23.1 Å². The summed E-state index contributed by atoms with van der Waals surface area (Å²) in [5.74, 6) is 0.794. The van der Waals surface area contributed by atoms with Gasteiger partial charge < -0.3 is 14.8 Å². The van der Waals surface area contributed by atoms with Crippen LogP contribution in [0.5, 0.6) is 5.75 Å². The molecule has 0 radical (unpaired) electrons. The number of allylic oxidation sites excluding steroid dienone is 1. The number of nitrogens with zero attached hydrogens (tertiary/aromatic N) is 3. The molecular formula is C25H30N4O4S2. The minimum Gasteiger partial charge on any atom is -0.483 e. The normalized spacial score (nSPS) is 11.7. The molecule has 1 atom stereocenters. The van der Waals surface area contributed by atoms with Crippen molar-refractivity contribution in [2.24, 2.45) is 0 Å². The fraction of sp³-hybridized carbons (Fsp3) is 0.360. The monoisotopic (exact) mass is 514 g/mol. The highest BCUT2D eigenvalue weighted by Gasteiger charge is 2.23. The summed E-state index contributed by atoms with van der Waals surface area (Å²) >= 11 is 2.62. The molecule has 1 amide bonds. The first-order chi connectivity index (χ1) is 16.7. The first-order valence-corrected chi connectivity index (χ1v) is 13.0. The van der Waals surface area contributed by atoms with E-state index < -0.39 is 5.97 Å². The lowest BCUT2D eigenvalue weighted by Crippen LogP contribution is -2.17. The molecule has 0 aliphatic carbocycles. The van der Waals surface area contributed by atoms with E-state index in [1.807, 2.05) is 56.5 Å². The topological polar surface area (TPSA) is 95.3 Å². The summed E-state index contributed by atoms with van der Waals surface area (Å²) in [6.07, 6.45) is 1.40. The molecule has 0 fully saturated rings. The van der Waals surface area contributed by atoms with Gasteiger partial charge >= 0.3 is 5.97 Å². The lowest BCUT2D eigenvalue weighted by Gasteiger charge is -2.16. The molecule has 0 saturated heterocycles. The van der Waals surface area contributed by atoms with Crippen LogP contribution in [0.4, 0.5) is 5.00 Å². The lowest BCUT2D eigenvalue weighted by atomic mass is 10.1. The van der Waals surface area contributed by atoms with Crippen LogP contribution in [-0.2, 0) is 16.1 Å². The van der Waals surface area contributed by atoms with E-state index >= 15 is 0 Å². The van der Waals surface area contributed by atoms with Gasteiger partial charge in [-0.05, 0) is 52.3 Å². The van der Waals surface area contributed by atoms with Crippen molar-refractivity contribution >= 4 is 40.0 Å². The first kappa shape index (κ1) is 26.5. The van der Waals surface area contributed by atoms with E-state index in [0.717, 1.165) is 21.8 Å². The van der Waals surface area contributed by atoms with Crippen LogP contribution in [0.25, 0.3) is 0 Å². The van der Waals surface area contributed by atoms with Crippen LogP contribution in [0.15, 0.2) is 42.1 Å². The van der Waals surface area contributed by atoms with E-state index in [9.17, 15) is 9.59 Å². The molecule has 0 aliphatic rings. The molecule has 1 N–H and O–H groups in total. The van der Waals surface area contributed by atoms with Crippen LogP contribution >= 0.6 is 23.1 Å². The fourth-order valence-corrected chi connectivity index (χ4v) is 5.16. The third kappa shape index (κ3) is 6.52. The number of benzene rings is 1. The zero-order chi connectivity index (χ0) is 25.5. The minimum absolute atomic E-state index is 0.0980. The van der Waals surface area contributed by atoms with Gasteiger partial charge in [0.2, 0.25) is 5.91 Å². The molecule has 0 spiro atoms. The summed E-state index contributed by atoms with van der Waals surface area (Å²) < 4.78 is 13.1. The fourth-order valence-electron chi connectivity index (χ4n) is 3.34. The number of carbonyl (C=O) groups excluding carboxylic acids is 2. The third-order valence-electron chi connectivity index (χ3n) is 5.20. The molecule has 10 heteroatoms. The highest BCUT2D eigenvalue weighted by molar-refractivity contribution is 7.99. The van der Waals surface area contributed by atoms with Crippen LogP contribution in [0.2, 0.25) is 0 Å². The molecule has 1 aromatic carbocycles. The zero-order valence-corrected chi connectivity index (χ0v) is 22.2. The number of thiophene rings is 1. The largest absolute Gasteiger partial charge is 0.483 e. The van der Waals surface area contributed by atoms with E-state index in [4.69, 9.17) is 9.47 Å². The number of ether oxygens (including phenoxy) is 2. The van der Waals surface area contributed by atoms with Crippen LogP contribution in [-0.4, -0.2) is 39.0 Å². The summed E-state index contributed by atoms with van der Waals surface area (Å²) in [5, 5.41) is 12.5. The summed E-state index contributed by atoms with van der Waals surface area (Å²) in [6.45, 7) is 14.0. The number of anilines is 1. The molecule has 2 heterocycles. The summed E-state index contributed by atoms with van der Waals surface area (Å²) in [4.78, 5) is 26.1. The second-order valence-corrected chi connectivity index (χ2v) is 10.0. The number of aromatic nitrogens is 3. The Hall–Kier alpha value is -3.11. The number of esters is 1. The van der Waals surface area contributed by atoms with Crippen LogP contribution in [0.1, 0.15) is 52.1 Å². The number of rotatable bonds is 11. The Bertz CT molecular complexity index is 1200. The molecular weight excluding hydrogens is 484 g/mol. The number of hydrogen-bond acceptors (Lipinski definition) is 8. The van der Waals surface area contributed by atoms with Crippen molar-refractivity contribution in [1.82, 2.24) is 14.8 Å². The van der Waals surface area contributed by atoms with Crippen molar-refractivity contribution in [3.8, 4) is 5.75 Å². The molecule has 186 valence electrons. The Morgan fingerprint density at radius 1 is 1.23 bits per heavy atom. The predicted molar refractivity (Wildman–Crippen MR) is 140 cm³/mol. The van der Waals surface area contributed by atoms with Gasteiger partial charge in [-0.1, -0.05) is 35.5 Å². The zero-order valence-electron chi connectivity index (χ0n) is 20.6. The van der Waals surface area contributed by atoms with Gasteiger partial charge in [-0.15, -0.1) is 28.1 Å². The number of amides is 1. The Kier molecular flexibility index (Phi) is 9.11. The highest BCUT2D eigenvalue weighted by atomic mass is 32.2. The quantitative estimate of drug-likeness (QED) is 0.205. The van der Waals surface area contributed by atoms with Crippen molar-refractivity contribution < 1.29 is 19.1 Å². The van der Waals surface area contributed by atoms with Gasteiger partial charge in [-0.2, -0.15) is 0 Å². The predicted octanol–water partition coefficient (Wildman–Crippen LogP) is 5.50. The van der Waals surface area contributed by atoms with Crippen molar-refractivity contribution in [2.75, 3.05) is 17.7 Å². The van der Waals surface area contributed by atoms with Gasteiger partial charge in [0.15, 0.2) is 17.1 Å². The number of thioether (sulfide) groups is 1. The Balaban J connectivity index is 1.70. The molecule has 1 unspecified atom stereocenters. The van der Waals surface area contributed by atoms with Gasteiger partial charge in [0, 0.05) is 11.4 Å². The van der Waals surface area contributed by atoms with E-state index in [0.29, 0.717) is 28.1 Å². The molecule has 0 saturated carbocycles. The highest BCUT2D eigenvalue weighted by Crippen LogP contribution is 2.33. The number of nitrogens with one attached hydrogen (secondary N) is 1. The molecule has 0 bridgehead atoms. The van der Waals surface area contributed by atoms with E-state index in [-0.39, 0.29) is 24.4 Å². The van der Waals surface area contributed by atoms with Crippen molar-refractivity contribution in [2.45, 2.75) is 52.4 Å². The van der Waals surface area contributed by atoms with Gasteiger partial charge in [0.25, 0.3) is 0 Å². The lowest BCUT2D eigenvalue weighted by molar-refractivity contribution is -0.113. The van der Waals surface area contributed by atoms with Crippen LogP contribution in [0.3, 0.4) is 0 Å². The molecule has 8 nitrogen and oxygen atoms in total. The first-order valence-electron chi connectivity index (χ1n) is 11.2. The smallest absolute Gasteiger partial charge is 0.341 e. The molecule has 2 aromatic heterocycles. The molecule has 0 aliphatic heterocycles. The maximum absolute atomic E-state index is 12.7. The maximum atomic E-state index is 12.7. The van der Waals surface area contributed by atoms with E-state index in [1.54, 1.807) is 13.0 Å². The van der Waals surface area contributed by atoms with Crippen molar-refractivity contribution in [3.05, 3.63) is 64.3 Å². The van der Waals surface area contributed by atoms with Gasteiger partial charge in [0.05, 0.1) is 17.9 Å². The number of carbonyl (C=O) groups is 2. The SMILES string of the molecule is C=CCn1c(SCC(=O)Nc2sc(C)c(C)c2C(=O)OCC)nnc1C(C)Oc1ccc(C)cc1. The molecule has 35 heavy (non-hydrogen) atoms. The second kappa shape index (κ2) is 12.0. The Morgan fingerprint density at radius 3 is 2.60 bits per heavy atom. The Morgan fingerprint density at radius 2 is 1.94 bits per heavy atom. The average Bonchev–Trinajstić information content (AvgIpc) is 3.34. The summed E-state index contributed by atoms with van der Waals surface area (Å²) in [7, 11) is 0. The van der Waals surface area contributed by atoms with Crippen LogP contribution in [0, 0.1) is 20.8 Å². The third-order valence-corrected chi connectivity index (χ3v) is 7.29. The van der Waals surface area contributed by atoms with Crippen LogP contribution < -0.4 is 10.1 Å². The Labute approximate surface area is 213 Å². The number of aryl methyl sites for hydroxylation is 2. The van der Waals surface area contributed by atoms with Gasteiger partial charge in [-0.3, -0.25) is 9.36 Å².